The Morgan fingerprint density at radius 1 is 1.19 bits per heavy atom. The number of aromatic amines is 1. The number of aryl methyl sites for hydroxylation is 1. The maximum absolute atomic E-state index is 12.7. The van der Waals surface area contributed by atoms with Crippen LogP contribution >= 0.6 is 0 Å². The van der Waals surface area contributed by atoms with E-state index in [4.69, 9.17) is 4.74 Å². The van der Waals surface area contributed by atoms with Crippen LogP contribution in [0.3, 0.4) is 0 Å². The number of aliphatic carboxylic acids is 1. The summed E-state index contributed by atoms with van der Waals surface area (Å²) in [4.78, 5) is 34.0. The van der Waals surface area contributed by atoms with E-state index in [1.54, 1.807) is 4.90 Å². The topological polar surface area (TPSA) is 95.5 Å². The molecule has 1 aliphatic heterocycles. The number of carboxylic acid groups (broad SMARTS) is 1. The van der Waals surface area contributed by atoms with Crippen LogP contribution in [-0.4, -0.2) is 51.5 Å². The van der Waals surface area contributed by atoms with Crippen molar-refractivity contribution in [2.75, 3.05) is 19.7 Å². The van der Waals surface area contributed by atoms with Gasteiger partial charge in [0.15, 0.2) is 6.61 Å². The summed E-state index contributed by atoms with van der Waals surface area (Å²) in [5.74, 6) is 0.630. The number of likely N-dealkylation sites (tertiary alicyclic amines) is 1. The van der Waals surface area contributed by atoms with E-state index in [1.807, 2.05) is 49.4 Å². The van der Waals surface area contributed by atoms with Gasteiger partial charge in [0, 0.05) is 25.9 Å². The van der Waals surface area contributed by atoms with Gasteiger partial charge in [0.2, 0.25) is 0 Å². The number of fused-ring (bicyclic) bond motifs is 1. The molecule has 162 valence electrons. The molecule has 0 aliphatic carbocycles. The Balaban J connectivity index is 1.45. The normalized spacial score (nSPS) is 18.8. The Hall–Kier alpha value is -3.35. The van der Waals surface area contributed by atoms with Crippen LogP contribution in [0.1, 0.15) is 24.2 Å². The minimum absolute atomic E-state index is 0.00606. The van der Waals surface area contributed by atoms with Crippen LogP contribution in [-0.2, 0) is 16.0 Å². The molecule has 7 heteroatoms. The average Bonchev–Trinajstić information content (AvgIpc) is 3.15. The lowest BCUT2D eigenvalue weighted by molar-refractivity contribution is -0.140. The summed E-state index contributed by atoms with van der Waals surface area (Å²) in [5.41, 5.74) is 3.03. The molecular formula is C24H27N3O4. The fourth-order valence-corrected chi connectivity index (χ4v) is 4.31. The van der Waals surface area contributed by atoms with Gasteiger partial charge in [-0.2, -0.15) is 0 Å². The third-order valence-corrected chi connectivity index (χ3v) is 5.93. The lowest BCUT2D eigenvalue weighted by atomic mass is 9.81. The van der Waals surface area contributed by atoms with Crippen molar-refractivity contribution in [3.8, 4) is 5.75 Å². The Morgan fingerprint density at radius 3 is 2.77 bits per heavy atom. The van der Waals surface area contributed by atoms with Gasteiger partial charge in [-0.1, -0.05) is 24.3 Å². The molecule has 0 radical (unpaired) electrons. The second-order valence-corrected chi connectivity index (χ2v) is 8.26. The zero-order valence-corrected chi connectivity index (χ0v) is 17.6. The Bertz CT molecular complexity index is 1060. The van der Waals surface area contributed by atoms with Crippen LogP contribution in [0.2, 0.25) is 0 Å². The van der Waals surface area contributed by atoms with Gasteiger partial charge in [0.25, 0.3) is 5.91 Å². The SMILES string of the molecule is Cc1ccc2nc(CC3CN(C(=O)COc4ccccc4)CCC3CC(=O)O)[nH]c2c1. The molecule has 7 nitrogen and oxygen atoms in total. The number of aromatic nitrogens is 2. The van der Waals surface area contributed by atoms with E-state index in [1.165, 1.54) is 0 Å². The summed E-state index contributed by atoms with van der Waals surface area (Å²) in [5, 5.41) is 9.36. The second-order valence-electron chi connectivity index (χ2n) is 8.26. The minimum Gasteiger partial charge on any atom is -0.484 e. The highest BCUT2D eigenvalue weighted by atomic mass is 16.5. The van der Waals surface area contributed by atoms with Gasteiger partial charge >= 0.3 is 5.97 Å². The molecule has 0 spiro atoms. The van der Waals surface area contributed by atoms with E-state index in [0.29, 0.717) is 31.7 Å². The number of hydrogen-bond donors (Lipinski definition) is 2. The molecule has 2 aromatic carbocycles. The number of imidazole rings is 1. The maximum atomic E-state index is 12.7. The molecule has 4 rings (SSSR count). The van der Waals surface area contributed by atoms with Crippen LogP contribution in [0.4, 0.5) is 0 Å². The number of carboxylic acids is 1. The molecule has 1 amide bonds. The Kier molecular flexibility index (Phi) is 6.21. The third kappa shape index (κ3) is 5.23. The number of hydrogen-bond acceptors (Lipinski definition) is 4. The second kappa shape index (κ2) is 9.20. The number of benzene rings is 2. The van der Waals surface area contributed by atoms with Crippen molar-refractivity contribution in [3.63, 3.8) is 0 Å². The number of carbonyl (C=O) groups is 2. The van der Waals surface area contributed by atoms with Crippen LogP contribution in [0.5, 0.6) is 5.75 Å². The number of H-pyrrole nitrogens is 1. The highest BCUT2D eigenvalue weighted by Gasteiger charge is 2.33. The first-order chi connectivity index (χ1) is 15.0. The lowest BCUT2D eigenvalue weighted by Gasteiger charge is -2.38. The molecule has 1 fully saturated rings. The number of nitrogens with zero attached hydrogens (tertiary/aromatic N) is 2. The fourth-order valence-electron chi connectivity index (χ4n) is 4.31. The standard InChI is InChI=1S/C24H27N3O4/c1-16-7-8-20-21(11-16)26-22(25-20)12-18-14-27(10-9-17(18)13-24(29)30)23(28)15-31-19-5-3-2-4-6-19/h2-8,11,17-18H,9-10,12-15H2,1H3,(H,25,26)(H,29,30). The van der Waals surface area contributed by atoms with Gasteiger partial charge in [0.05, 0.1) is 11.0 Å². The zero-order valence-electron chi connectivity index (χ0n) is 17.6. The number of ether oxygens (including phenoxy) is 1. The average molecular weight is 421 g/mol. The van der Waals surface area contributed by atoms with Crippen molar-refractivity contribution in [2.45, 2.75) is 26.2 Å². The van der Waals surface area contributed by atoms with Gasteiger partial charge in [-0.15, -0.1) is 0 Å². The lowest BCUT2D eigenvalue weighted by Crippen LogP contribution is -2.46. The summed E-state index contributed by atoms with van der Waals surface area (Å²) >= 11 is 0. The van der Waals surface area contributed by atoms with E-state index in [0.717, 1.165) is 22.4 Å². The predicted octanol–water partition coefficient (Wildman–Crippen LogP) is 3.43. The van der Waals surface area contributed by atoms with Crippen molar-refractivity contribution >= 4 is 22.9 Å². The highest BCUT2D eigenvalue weighted by Crippen LogP contribution is 2.30. The highest BCUT2D eigenvalue weighted by molar-refractivity contribution is 5.78. The van der Waals surface area contributed by atoms with Crippen molar-refractivity contribution in [1.82, 2.24) is 14.9 Å². The molecule has 3 aromatic rings. The summed E-state index contributed by atoms with van der Waals surface area (Å²) in [6.07, 6.45) is 1.37. The molecule has 2 heterocycles. The van der Waals surface area contributed by atoms with Gasteiger partial charge in [0.1, 0.15) is 11.6 Å². The quantitative estimate of drug-likeness (QED) is 0.609. The molecule has 1 aromatic heterocycles. The zero-order chi connectivity index (χ0) is 21.8. The Morgan fingerprint density at radius 2 is 2.00 bits per heavy atom. The minimum atomic E-state index is -0.803. The summed E-state index contributed by atoms with van der Waals surface area (Å²) in [7, 11) is 0. The fraction of sp³-hybridized carbons (Fsp3) is 0.375. The number of amides is 1. The molecule has 1 saturated heterocycles. The molecule has 0 bridgehead atoms. The first kappa shape index (κ1) is 20.9. The van der Waals surface area contributed by atoms with Crippen molar-refractivity contribution in [2.24, 2.45) is 11.8 Å². The number of carbonyl (C=O) groups excluding carboxylic acids is 1. The molecule has 2 unspecified atom stereocenters. The van der Waals surface area contributed by atoms with Crippen LogP contribution < -0.4 is 4.74 Å². The van der Waals surface area contributed by atoms with E-state index >= 15 is 0 Å². The van der Waals surface area contributed by atoms with Crippen LogP contribution in [0.25, 0.3) is 11.0 Å². The first-order valence-corrected chi connectivity index (χ1v) is 10.6. The van der Waals surface area contributed by atoms with Crippen LogP contribution in [0.15, 0.2) is 48.5 Å². The Labute approximate surface area is 181 Å². The summed E-state index contributed by atoms with van der Waals surface area (Å²) in [6.45, 7) is 3.06. The predicted molar refractivity (Wildman–Crippen MR) is 117 cm³/mol. The molecule has 31 heavy (non-hydrogen) atoms. The van der Waals surface area contributed by atoms with Gasteiger partial charge in [-0.05, 0) is 55.0 Å². The molecular weight excluding hydrogens is 394 g/mol. The van der Waals surface area contributed by atoms with E-state index in [9.17, 15) is 14.7 Å². The first-order valence-electron chi connectivity index (χ1n) is 10.6. The maximum Gasteiger partial charge on any atom is 0.303 e. The molecule has 0 saturated carbocycles. The molecule has 2 N–H and O–H groups in total. The van der Waals surface area contributed by atoms with Crippen molar-refractivity contribution in [3.05, 3.63) is 59.9 Å². The number of rotatable bonds is 7. The van der Waals surface area contributed by atoms with Crippen molar-refractivity contribution < 1.29 is 19.4 Å². The number of para-hydroxylation sites is 1. The largest absolute Gasteiger partial charge is 0.484 e. The third-order valence-electron chi connectivity index (χ3n) is 5.93. The monoisotopic (exact) mass is 421 g/mol. The van der Waals surface area contributed by atoms with Crippen LogP contribution in [0, 0.1) is 18.8 Å². The van der Waals surface area contributed by atoms with Gasteiger partial charge in [-0.25, -0.2) is 4.98 Å². The number of nitrogens with one attached hydrogen (secondary N) is 1. The van der Waals surface area contributed by atoms with Gasteiger partial charge < -0.3 is 19.7 Å². The van der Waals surface area contributed by atoms with E-state index < -0.39 is 5.97 Å². The summed E-state index contributed by atoms with van der Waals surface area (Å²) < 4.78 is 5.61. The van der Waals surface area contributed by atoms with E-state index in [2.05, 4.69) is 16.0 Å². The van der Waals surface area contributed by atoms with E-state index in [-0.39, 0.29) is 30.8 Å². The molecule has 1 aliphatic rings. The van der Waals surface area contributed by atoms with Crippen molar-refractivity contribution in [1.29, 1.82) is 0 Å². The number of piperidine rings is 1. The smallest absolute Gasteiger partial charge is 0.303 e. The van der Waals surface area contributed by atoms with Gasteiger partial charge in [-0.3, -0.25) is 9.59 Å². The summed E-state index contributed by atoms with van der Waals surface area (Å²) in [6, 6.07) is 15.3. The molecule has 2 atom stereocenters.